The lowest BCUT2D eigenvalue weighted by Crippen LogP contribution is -2.37. The molecule has 19 heavy (non-hydrogen) atoms. The minimum Gasteiger partial charge on any atom is -0.493 e. The minimum absolute atomic E-state index is 0.158. The highest BCUT2D eigenvalue weighted by molar-refractivity contribution is 5.79. The summed E-state index contributed by atoms with van der Waals surface area (Å²) in [5.74, 6) is 1.14. The number of hydrogen-bond donors (Lipinski definition) is 1. The van der Waals surface area contributed by atoms with Crippen molar-refractivity contribution in [3.63, 3.8) is 0 Å². The average molecular weight is 259 g/mol. The van der Waals surface area contributed by atoms with Gasteiger partial charge < -0.3 is 10.1 Å². The highest BCUT2D eigenvalue weighted by atomic mass is 16.5. The Morgan fingerprint density at radius 2 is 2.11 bits per heavy atom. The van der Waals surface area contributed by atoms with Crippen LogP contribution in [0.2, 0.25) is 0 Å². The van der Waals surface area contributed by atoms with E-state index in [2.05, 4.69) is 11.4 Å². The monoisotopic (exact) mass is 259 g/mol. The van der Waals surface area contributed by atoms with E-state index in [4.69, 9.17) is 4.74 Å². The fraction of sp³-hybridized carbons (Fsp3) is 0.562. The Morgan fingerprint density at radius 1 is 1.26 bits per heavy atom. The van der Waals surface area contributed by atoms with Gasteiger partial charge in [-0.1, -0.05) is 31.4 Å². The molecule has 3 heteroatoms. The van der Waals surface area contributed by atoms with Gasteiger partial charge in [-0.05, 0) is 30.0 Å². The number of fused-ring (bicyclic) bond motifs is 1. The molecule has 1 aromatic carbocycles. The summed E-state index contributed by atoms with van der Waals surface area (Å²) < 4.78 is 5.48. The number of amides is 1. The Hall–Kier alpha value is -1.51. The molecule has 0 bridgehead atoms. The quantitative estimate of drug-likeness (QED) is 0.906. The van der Waals surface area contributed by atoms with Crippen LogP contribution in [0.3, 0.4) is 0 Å². The van der Waals surface area contributed by atoms with Gasteiger partial charge in [0.15, 0.2) is 0 Å². The molecule has 0 saturated heterocycles. The third-order valence-corrected chi connectivity index (χ3v) is 4.09. The lowest BCUT2D eigenvalue weighted by atomic mass is 9.95. The summed E-state index contributed by atoms with van der Waals surface area (Å²) in [6.07, 6.45) is 7.56. The number of hydrogen-bond acceptors (Lipinski definition) is 2. The summed E-state index contributed by atoms with van der Waals surface area (Å²) in [5, 5.41) is 3.16. The summed E-state index contributed by atoms with van der Waals surface area (Å²) in [7, 11) is 0. The summed E-state index contributed by atoms with van der Waals surface area (Å²) in [5.41, 5.74) is 2.33. The molecule has 1 aromatic rings. The first-order valence-electron chi connectivity index (χ1n) is 7.35. The Labute approximate surface area is 114 Å². The normalized spacial score (nSPS) is 18.7. The molecule has 2 aliphatic rings. The molecule has 3 rings (SSSR count). The second kappa shape index (κ2) is 5.64. The summed E-state index contributed by atoms with van der Waals surface area (Å²) >= 11 is 0. The van der Waals surface area contributed by atoms with Gasteiger partial charge in [0, 0.05) is 12.5 Å². The van der Waals surface area contributed by atoms with E-state index in [0.717, 1.165) is 37.2 Å². The fourth-order valence-corrected chi connectivity index (χ4v) is 3.06. The van der Waals surface area contributed by atoms with Gasteiger partial charge in [-0.2, -0.15) is 0 Å². The van der Waals surface area contributed by atoms with Crippen LogP contribution < -0.4 is 10.1 Å². The van der Waals surface area contributed by atoms with Gasteiger partial charge in [0.1, 0.15) is 5.75 Å². The molecule has 0 unspecified atom stereocenters. The zero-order valence-electron chi connectivity index (χ0n) is 11.3. The van der Waals surface area contributed by atoms with Crippen LogP contribution in [0.4, 0.5) is 0 Å². The van der Waals surface area contributed by atoms with E-state index in [-0.39, 0.29) is 5.91 Å². The molecular weight excluding hydrogens is 238 g/mol. The number of benzene rings is 1. The van der Waals surface area contributed by atoms with Gasteiger partial charge in [-0.3, -0.25) is 4.79 Å². The molecule has 1 amide bonds. The SMILES string of the molecule is O=C(Cc1ccc2c(c1)CCO2)NC1CCCCC1. The predicted molar refractivity (Wildman–Crippen MR) is 74.4 cm³/mol. The molecule has 1 fully saturated rings. The third kappa shape index (κ3) is 3.09. The first-order valence-corrected chi connectivity index (χ1v) is 7.35. The predicted octanol–water partition coefficient (Wildman–Crippen LogP) is 2.61. The lowest BCUT2D eigenvalue weighted by Gasteiger charge is -2.22. The number of nitrogens with one attached hydrogen (secondary N) is 1. The number of ether oxygens (including phenoxy) is 1. The molecule has 1 N–H and O–H groups in total. The van der Waals surface area contributed by atoms with Crippen LogP contribution in [-0.4, -0.2) is 18.6 Å². The van der Waals surface area contributed by atoms with E-state index < -0.39 is 0 Å². The average Bonchev–Trinajstić information content (AvgIpc) is 2.87. The summed E-state index contributed by atoms with van der Waals surface area (Å²) in [4.78, 5) is 12.0. The molecule has 102 valence electrons. The van der Waals surface area contributed by atoms with E-state index in [1.165, 1.54) is 24.8 Å². The topological polar surface area (TPSA) is 38.3 Å². The fourth-order valence-electron chi connectivity index (χ4n) is 3.06. The maximum atomic E-state index is 12.0. The molecule has 0 aromatic heterocycles. The molecule has 0 atom stereocenters. The third-order valence-electron chi connectivity index (χ3n) is 4.09. The van der Waals surface area contributed by atoms with Gasteiger partial charge >= 0.3 is 0 Å². The van der Waals surface area contributed by atoms with Crippen LogP contribution in [0, 0.1) is 0 Å². The van der Waals surface area contributed by atoms with Crippen LogP contribution in [0.5, 0.6) is 5.75 Å². The molecule has 1 aliphatic heterocycles. The van der Waals surface area contributed by atoms with Crippen molar-refractivity contribution in [1.82, 2.24) is 5.32 Å². The van der Waals surface area contributed by atoms with Gasteiger partial charge in [-0.15, -0.1) is 0 Å². The smallest absolute Gasteiger partial charge is 0.224 e. The van der Waals surface area contributed by atoms with Crippen molar-refractivity contribution in [2.24, 2.45) is 0 Å². The molecule has 3 nitrogen and oxygen atoms in total. The standard InChI is InChI=1S/C16H21NO2/c18-16(17-14-4-2-1-3-5-14)11-12-6-7-15-13(10-12)8-9-19-15/h6-7,10,14H,1-5,8-9,11H2,(H,17,18). The Morgan fingerprint density at radius 3 is 2.95 bits per heavy atom. The van der Waals surface area contributed by atoms with E-state index >= 15 is 0 Å². The molecular formula is C16H21NO2. The van der Waals surface area contributed by atoms with Crippen LogP contribution in [0.25, 0.3) is 0 Å². The Bertz CT molecular complexity index is 464. The summed E-state index contributed by atoms with van der Waals surface area (Å²) in [6, 6.07) is 6.51. The van der Waals surface area contributed by atoms with Crippen molar-refractivity contribution >= 4 is 5.91 Å². The highest BCUT2D eigenvalue weighted by Crippen LogP contribution is 2.26. The zero-order valence-corrected chi connectivity index (χ0v) is 11.3. The minimum atomic E-state index is 0.158. The van der Waals surface area contributed by atoms with Gasteiger partial charge in [-0.25, -0.2) is 0 Å². The van der Waals surface area contributed by atoms with Crippen LogP contribution in [0.15, 0.2) is 18.2 Å². The van der Waals surface area contributed by atoms with Crippen molar-refractivity contribution in [1.29, 1.82) is 0 Å². The molecule has 1 aliphatic carbocycles. The molecule has 1 heterocycles. The number of carbonyl (C=O) groups excluding carboxylic acids is 1. The summed E-state index contributed by atoms with van der Waals surface area (Å²) in [6.45, 7) is 0.771. The van der Waals surface area contributed by atoms with Crippen molar-refractivity contribution in [2.75, 3.05) is 6.61 Å². The molecule has 0 spiro atoms. The molecule has 0 radical (unpaired) electrons. The largest absolute Gasteiger partial charge is 0.493 e. The second-order valence-electron chi connectivity index (χ2n) is 5.62. The molecule has 1 saturated carbocycles. The van der Waals surface area contributed by atoms with Crippen molar-refractivity contribution in [3.05, 3.63) is 29.3 Å². The van der Waals surface area contributed by atoms with E-state index in [1.54, 1.807) is 0 Å². The Kier molecular flexibility index (Phi) is 3.72. The van der Waals surface area contributed by atoms with Crippen LogP contribution >= 0.6 is 0 Å². The lowest BCUT2D eigenvalue weighted by molar-refractivity contribution is -0.121. The first-order chi connectivity index (χ1) is 9.31. The van der Waals surface area contributed by atoms with Crippen LogP contribution in [-0.2, 0) is 17.6 Å². The number of carbonyl (C=O) groups is 1. The Balaban J connectivity index is 1.56. The van der Waals surface area contributed by atoms with Crippen molar-refractivity contribution in [3.8, 4) is 5.75 Å². The zero-order chi connectivity index (χ0) is 13.1. The van der Waals surface area contributed by atoms with Crippen molar-refractivity contribution < 1.29 is 9.53 Å². The second-order valence-corrected chi connectivity index (χ2v) is 5.62. The van der Waals surface area contributed by atoms with Crippen LogP contribution in [0.1, 0.15) is 43.2 Å². The maximum absolute atomic E-state index is 12.0. The first kappa shape index (κ1) is 12.5. The number of rotatable bonds is 3. The highest BCUT2D eigenvalue weighted by Gasteiger charge is 2.17. The maximum Gasteiger partial charge on any atom is 0.224 e. The van der Waals surface area contributed by atoms with Crippen molar-refractivity contribution in [2.45, 2.75) is 51.0 Å². The van der Waals surface area contributed by atoms with Gasteiger partial charge in [0.2, 0.25) is 5.91 Å². The van der Waals surface area contributed by atoms with E-state index in [0.29, 0.717) is 12.5 Å². The van der Waals surface area contributed by atoms with Gasteiger partial charge in [0.25, 0.3) is 0 Å². The van der Waals surface area contributed by atoms with E-state index in [9.17, 15) is 4.79 Å². The van der Waals surface area contributed by atoms with E-state index in [1.807, 2.05) is 12.1 Å². The van der Waals surface area contributed by atoms with Gasteiger partial charge in [0.05, 0.1) is 13.0 Å².